The first-order chi connectivity index (χ1) is 20.9. The highest BCUT2D eigenvalue weighted by molar-refractivity contribution is 5.94. The minimum Gasteiger partial charge on any atom is -0.493 e. The molecular formula is C34H40N4O5. The second-order valence-corrected chi connectivity index (χ2v) is 11.8. The Labute approximate surface area is 253 Å². The molecule has 43 heavy (non-hydrogen) atoms. The molecule has 4 bridgehead atoms. The third-order valence-electron chi connectivity index (χ3n) is 8.61. The summed E-state index contributed by atoms with van der Waals surface area (Å²) in [6.45, 7) is 4.16. The normalized spacial score (nSPS) is 22.4. The number of rotatable bonds is 3. The van der Waals surface area contributed by atoms with Gasteiger partial charge < -0.3 is 24.4 Å². The highest BCUT2D eigenvalue weighted by atomic mass is 16.5. The van der Waals surface area contributed by atoms with Gasteiger partial charge in [0, 0.05) is 44.3 Å². The molecule has 226 valence electrons. The van der Waals surface area contributed by atoms with Crippen LogP contribution in [0.1, 0.15) is 34.3 Å². The van der Waals surface area contributed by atoms with Gasteiger partial charge in [-0.2, -0.15) is 0 Å². The van der Waals surface area contributed by atoms with Crippen molar-refractivity contribution in [2.75, 3.05) is 46.9 Å². The molecule has 9 nitrogen and oxygen atoms in total. The second-order valence-electron chi connectivity index (χ2n) is 11.8. The fourth-order valence-corrected chi connectivity index (χ4v) is 6.40. The van der Waals surface area contributed by atoms with Crippen LogP contribution >= 0.6 is 0 Å². The van der Waals surface area contributed by atoms with E-state index in [0.29, 0.717) is 36.4 Å². The van der Waals surface area contributed by atoms with E-state index in [9.17, 15) is 9.59 Å². The maximum absolute atomic E-state index is 13.2. The van der Waals surface area contributed by atoms with Gasteiger partial charge in [-0.25, -0.2) is 0 Å². The van der Waals surface area contributed by atoms with E-state index in [4.69, 9.17) is 14.2 Å². The number of likely N-dealkylation sites (N-methyl/N-ethyl adjacent to an activating group) is 1. The highest BCUT2D eigenvalue weighted by Crippen LogP contribution is 2.33. The maximum Gasteiger partial charge on any atom is 0.253 e. The van der Waals surface area contributed by atoms with Gasteiger partial charge >= 0.3 is 0 Å². The minimum atomic E-state index is -0.149. The Kier molecular flexibility index (Phi) is 8.92. The Bertz CT molecular complexity index is 1430. The van der Waals surface area contributed by atoms with Gasteiger partial charge in [-0.15, -0.1) is 0 Å². The van der Waals surface area contributed by atoms with Crippen molar-refractivity contribution in [2.45, 2.75) is 44.2 Å². The van der Waals surface area contributed by atoms with Crippen LogP contribution in [0.5, 0.6) is 17.2 Å². The van der Waals surface area contributed by atoms with Crippen molar-refractivity contribution >= 4 is 11.8 Å². The molecule has 0 unspecified atom stereocenters. The molecule has 0 saturated carbocycles. The third-order valence-corrected chi connectivity index (χ3v) is 8.61. The van der Waals surface area contributed by atoms with Gasteiger partial charge in [0.25, 0.3) is 5.91 Å². The smallest absolute Gasteiger partial charge is 0.253 e. The number of methoxy groups -OCH3 is 1. The zero-order chi connectivity index (χ0) is 29.8. The number of likely N-dealkylation sites (tertiary alicyclic amines) is 2. The van der Waals surface area contributed by atoms with E-state index >= 15 is 0 Å². The number of benzene rings is 3. The van der Waals surface area contributed by atoms with Crippen molar-refractivity contribution in [2.24, 2.45) is 0 Å². The summed E-state index contributed by atoms with van der Waals surface area (Å²) in [6, 6.07) is 23.5. The second kappa shape index (κ2) is 13.2. The molecule has 3 aromatic rings. The predicted octanol–water partition coefficient (Wildman–Crippen LogP) is 3.92. The van der Waals surface area contributed by atoms with Gasteiger partial charge in [0.1, 0.15) is 5.75 Å². The molecule has 9 heteroatoms. The van der Waals surface area contributed by atoms with Crippen molar-refractivity contribution in [3.63, 3.8) is 0 Å². The molecular weight excluding hydrogens is 544 g/mol. The molecule has 3 heterocycles. The number of ether oxygens (including phenoxy) is 3. The Morgan fingerprint density at radius 3 is 2.53 bits per heavy atom. The number of amides is 2. The number of fused-ring (bicyclic) bond motifs is 5. The lowest BCUT2D eigenvalue weighted by molar-refractivity contribution is -0.123. The summed E-state index contributed by atoms with van der Waals surface area (Å²) in [7, 11) is 3.57. The number of hydrogen-bond acceptors (Lipinski definition) is 7. The van der Waals surface area contributed by atoms with Crippen LogP contribution in [0.4, 0.5) is 0 Å². The Hall–Kier alpha value is -3.92. The van der Waals surface area contributed by atoms with Crippen LogP contribution in [-0.4, -0.2) is 91.6 Å². The monoisotopic (exact) mass is 584 g/mol. The molecule has 0 aromatic heterocycles. The van der Waals surface area contributed by atoms with Crippen LogP contribution in [-0.2, 0) is 22.7 Å². The number of nitrogens with zero attached hydrogens (tertiary/aromatic N) is 3. The summed E-state index contributed by atoms with van der Waals surface area (Å²) in [5.74, 6) is 2.06. The van der Waals surface area contributed by atoms with Crippen LogP contribution in [0.15, 0.2) is 72.8 Å². The van der Waals surface area contributed by atoms with E-state index < -0.39 is 0 Å². The van der Waals surface area contributed by atoms with Gasteiger partial charge in [-0.05, 0) is 67.4 Å². The Morgan fingerprint density at radius 2 is 1.74 bits per heavy atom. The van der Waals surface area contributed by atoms with Crippen molar-refractivity contribution < 1.29 is 23.8 Å². The van der Waals surface area contributed by atoms with Crippen LogP contribution in [0.25, 0.3) is 0 Å². The molecule has 2 atom stereocenters. The van der Waals surface area contributed by atoms with Gasteiger partial charge in [0.2, 0.25) is 5.91 Å². The van der Waals surface area contributed by atoms with Crippen LogP contribution in [0.3, 0.4) is 0 Å². The number of hydrogen-bond donors (Lipinski definition) is 1. The summed E-state index contributed by atoms with van der Waals surface area (Å²) in [5, 5.41) is 3.28. The maximum atomic E-state index is 13.2. The van der Waals surface area contributed by atoms with Crippen LogP contribution < -0.4 is 14.8 Å². The minimum absolute atomic E-state index is 0.0229. The first kappa shape index (κ1) is 29.2. The van der Waals surface area contributed by atoms with Gasteiger partial charge in [-0.3, -0.25) is 19.4 Å². The molecule has 6 rings (SSSR count). The third kappa shape index (κ3) is 7.01. The van der Waals surface area contributed by atoms with E-state index in [1.54, 1.807) is 7.11 Å². The molecule has 2 saturated heterocycles. The van der Waals surface area contributed by atoms with E-state index in [1.807, 2.05) is 89.6 Å². The van der Waals surface area contributed by atoms with Crippen molar-refractivity contribution in [3.8, 4) is 17.2 Å². The molecule has 1 N–H and O–H groups in total. The van der Waals surface area contributed by atoms with Crippen molar-refractivity contribution in [1.29, 1.82) is 0 Å². The van der Waals surface area contributed by atoms with Crippen LogP contribution in [0, 0.1) is 0 Å². The molecule has 0 spiro atoms. The van der Waals surface area contributed by atoms with Gasteiger partial charge in [-0.1, -0.05) is 36.4 Å². The fourth-order valence-electron chi connectivity index (χ4n) is 6.40. The molecule has 3 aliphatic rings. The summed E-state index contributed by atoms with van der Waals surface area (Å²) in [5.41, 5.74) is 2.76. The summed E-state index contributed by atoms with van der Waals surface area (Å²) < 4.78 is 18.3. The van der Waals surface area contributed by atoms with Gasteiger partial charge in [0.05, 0.1) is 32.4 Å². The molecule has 0 radical (unpaired) electrons. The van der Waals surface area contributed by atoms with Crippen LogP contribution in [0.2, 0.25) is 0 Å². The van der Waals surface area contributed by atoms with E-state index in [-0.39, 0.29) is 30.5 Å². The SMILES string of the molecule is COc1ccc2cc1Oc1cccc(c1)CO[C@H]1CN(C3CCN(C(=O)c4ccccc4)CC3)C[C@@H]1NC(=O)CN(C)C2. The molecule has 2 amide bonds. The number of nitrogens with one attached hydrogen (secondary N) is 1. The Morgan fingerprint density at radius 1 is 0.930 bits per heavy atom. The first-order valence-corrected chi connectivity index (χ1v) is 15.1. The highest BCUT2D eigenvalue weighted by Gasteiger charge is 2.39. The Balaban J connectivity index is 1.16. The number of carbonyl (C=O) groups is 2. The van der Waals surface area contributed by atoms with Gasteiger partial charge in [0.15, 0.2) is 11.5 Å². The molecule has 0 aliphatic carbocycles. The quantitative estimate of drug-likeness (QED) is 0.500. The lowest BCUT2D eigenvalue weighted by atomic mass is 10.0. The van der Waals surface area contributed by atoms with Crippen molar-refractivity contribution in [3.05, 3.63) is 89.5 Å². The number of piperidine rings is 1. The first-order valence-electron chi connectivity index (χ1n) is 15.1. The predicted molar refractivity (Wildman–Crippen MR) is 163 cm³/mol. The lowest BCUT2D eigenvalue weighted by Crippen LogP contribution is -2.48. The van der Waals surface area contributed by atoms with E-state index in [2.05, 4.69) is 10.2 Å². The van der Waals surface area contributed by atoms with Crippen molar-refractivity contribution in [1.82, 2.24) is 20.0 Å². The molecule has 3 aromatic carbocycles. The van der Waals surface area contributed by atoms with E-state index in [0.717, 1.165) is 55.7 Å². The summed E-state index contributed by atoms with van der Waals surface area (Å²) in [6.07, 6.45) is 1.65. The molecule has 3 aliphatic heterocycles. The average Bonchev–Trinajstić information content (AvgIpc) is 3.42. The zero-order valence-electron chi connectivity index (χ0n) is 24.9. The topological polar surface area (TPSA) is 83.6 Å². The summed E-state index contributed by atoms with van der Waals surface area (Å²) >= 11 is 0. The summed E-state index contributed by atoms with van der Waals surface area (Å²) in [4.78, 5) is 32.6. The standard InChI is InChI=1S/C34H40N4O5/c1-36-19-24-11-12-30(41-2)31(18-24)43-28-10-6-7-25(17-28)23-42-32-21-38(20-29(32)35-33(39)22-36)27-13-15-37(16-14-27)34(40)26-8-4-3-5-9-26/h3-12,17-18,27,29,32H,13-16,19-23H2,1-2H3,(H,35,39)/t29-,32-/m0/s1. The number of carbonyl (C=O) groups excluding carboxylic acids is 2. The molecule has 2 fully saturated rings. The van der Waals surface area contributed by atoms with E-state index in [1.165, 1.54) is 0 Å². The zero-order valence-corrected chi connectivity index (χ0v) is 24.9. The average molecular weight is 585 g/mol. The fraction of sp³-hybridized carbons (Fsp3) is 0.412. The lowest BCUT2D eigenvalue weighted by Gasteiger charge is -2.36. The largest absolute Gasteiger partial charge is 0.493 e.